The topological polar surface area (TPSA) is 119 Å². The molecule has 0 atom stereocenters. The van der Waals surface area contributed by atoms with E-state index in [9.17, 15) is 13.2 Å². The van der Waals surface area contributed by atoms with Crippen LogP contribution in [0.1, 0.15) is 40.1 Å². The molecular weight excluding hydrogens is 466 g/mol. The third-order valence-electron chi connectivity index (χ3n) is 5.50. The van der Waals surface area contributed by atoms with Crippen LogP contribution in [-0.4, -0.2) is 34.8 Å². The fourth-order valence-corrected chi connectivity index (χ4v) is 4.27. The van der Waals surface area contributed by atoms with Crippen molar-refractivity contribution < 1.29 is 17.6 Å². The van der Waals surface area contributed by atoms with E-state index in [1.165, 1.54) is 0 Å². The van der Waals surface area contributed by atoms with E-state index >= 15 is 0 Å². The Morgan fingerprint density at radius 1 is 1.06 bits per heavy atom. The van der Waals surface area contributed by atoms with Gasteiger partial charge in [-0.15, -0.1) is 0 Å². The molecule has 4 aromatic rings. The predicted octanol–water partition coefficient (Wildman–Crippen LogP) is 4.14. The Hall–Kier alpha value is -3.92. The van der Waals surface area contributed by atoms with Gasteiger partial charge in [-0.3, -0.25) is 9.52 Å². The summed E-state index contributed by atoms with van der Waals surface area (Å²) >= 11 is 0. The van der Waals surface area contributed by atoms with Crippen molar-refractivity contribution in [3.63, 3.8) is 0 Å². The first-order valence-electron chi connectivity index (χ1n) is 11.1. The highest BCUT2D eigenvalue weighted by molar-refractivity contribution is 7.92. The highest BCUT2D eigenvalue weighted by atomic mass is 32.2. The summed E-state index contributed by atoms with van der Waals surface area (Å²) in [6.45, 7) is 7.39. The number of aromatic nitrogens is 3. The molecule has 0 aliphatic rings. The summed E-state index contributed by atoms with van der Waals surface area (Å²) in [5.74, 6) is 0.513. The summed E-state index contributed by atoms with van der Waals surface area (Å²) in [6.07, 6.45) is 0. The van der Waals surface area contributed by atoms with Gasteiger partial charge in [-0.25, -0.2) is 18.1 Å². The largest absolute Gasteiger partial charge is 0.441 e. The van der Waals surface area contributed by atoms with E-state index in [1.54, 1.807) is 50.2 Å². The van der Waals surface area contributed by atoms with Crippen LogP contribution in [0.3, 0.4) is 0 Å². The second-order valence-corrected chi connectivity index (χ2v) is 10.2. The predicted molar refractivity (Wildman–Crippen MR) is 134 cm³/mol. The van der Waals surface area contributed by atoms with Crippen LogP contribution < -0.4 is 10.0 Å². The molecule has 0 spiro atoms. The summed E-state index contributed by atoms with van der Waals surface area (Å²) < 4.78 is 34.3. The minimum absolute atomic E-state index is 0.0502. The average molecular weight is 494 g/mol. The Labute approximate surface area is 204 Å². The first-order valence-corrected chi connectivity index (χ1v) is 12.8. The number of nitrogens with zero attached hydrogens (tertiary/aromatic N) is 3. The minimum atomic E-state index is -3.46. The fourth-order valence-electron chi connectivity index (χ4n) is 3.62. The summed E-state index contributed by atoms with van der Waals surface area (Å²) in [4.78, 5) is 17.2. The molecular formula is C25H27N5O4S. The number of nitrogens with one attached hydrogen (secondary N) is 2. The van der Waals surface area contributed by atoms with Crippen LogP contribution in [0.25, 0.3) is 17.1 Å². The van der Waals surface area contributed by atoms with Crippen LogP contribution in [0, 0.1) is 20.8 Å². The Kier molecular flexibility index (Phi) is 6.74. The van der Waals surface area contributed by atoms with Crippen LogP contribution in [0.5, 0.6) is 0 Å². The maximum absolute atomic E-state index is 12.7. The summed E-state index contributed by atoms with van der Waals surface area (Å²) in [5.41, 5.74) is 4.79. The molecule has 1 amide bonds. The Balaban J connectivity index is 1.47. The first kappa shape index (κ1) is 24.2. The smallest absolute Gasteiger partial charge is 0.251 e. The number of sulfonamides is 1. The molecule has 182 valence electrons. The van der Waals surface area contributed by atoms with Crippen molar-refractivity contribution in [3.05, 3.63) is 83.0 Å². The molecule has 0 radical (unpaired) electrons. The fraction of sp³-hybridized carbons (Fsp3) is 0.240. The van der Waals surface area contributed by atoms with E-state index in [-0.39, 0.29) is 24.1 Å². The maximum atomic E-state index is 12.7. The third-order valence-corrected chi connectivity index (χ3v) is 6.79. The van der Waals surface area contributed by atoms with E-state index in [4.69, 9.17) is 4.42 Å². The van der Waals surface area contributed by atoms with Crippen LogP contribution in [0.2, 0.25) is 0 Å². The molecule has 9 nitrogen and oxygen atoms in total. The molecule has 0 saturated heterocycles. The van der Waals surface area contributed by atoms with Gasteiger partial charge in [-0.05, 0) is 70.2 Å². The highest BCUT2D eigenvalue weighted by Crippen LogP contribution is 2.29. The summed E-state index contributed by atoms with van der Waals surface area (Å²) in [7, 11) is -3.46. The molecule has 4 rings (SSSR count). The Morgan fingerprint density at radius 2 is 1.77 bits per heavy atom. The molecule has 0 aliphatic carbocycles. The quantitative estimate of drug-likeness (QED) is 0.381. The number of hydrogen-bond acceptors (Lipinski definition) is 6. The number of rotatable bonds is 8. The number of hydrogen-bond donors (Lipinski definition) is 2. The maximum Gasteiger partial charge on any atom is 0.251 e. The van der Waals surface area contributed by atoms with Crippen LogP contribution in [-0.2, 0) is 16.6 Å². The number of benzene rings is 2. The monoisotopic (exact) mass is 493 g/mol. The molecule has 0 unspecified atom stereocenters. The molecule has 0 fully saturated rings. The van der Waals surface area contributed by atoms with Gasteiger partial charge >= 0.3 is 0 Å². The van der Waals surface area contributed by atoms with Gasteiger partial charge in [-0.2, -0.15) is 5.10 Å². The third kappa shape index (κ3) is 5.43. The van der Waals surface area contributed by atoms with Crippen molar-refractivity contribution in [3.8, 4) is 17.1 Å². The lowest BCUT2D eigenvalue weighted by Crippen LogP contribution is -2.23. The number of aryl methyl sites for hydroxylation is 3. The van der Waals surface area contributed by atoms with Crippen molar-refractivity contribution in [1.82, 2.24) is 20.1 Å². The summed E-state index contributed by atoms with van der Waals surface area (Å²) in [6, 6.07) is 16.1. The lowest BCUT2D eigenvalue weighted by atomic mass is 10.2. The lowest BCUT2D eigenvalue weighted by molar-refractivity contribution is 0.0950. The van der Waals surface area contributed by atoms with Crippen LogP contribution in [0.15, 0.2) is 59.0 Å². The number of oxazole rings is 1. The molecule has 2 aromatic carbocycles. The van der Waals surface area contributed by atoms with E-state index in [0.29, 0.717) is 28.3 Å². The zero-order valence-corrected chi connectivity index (χ0v) is 20.8. The van der Waals surface area contributed by atoms with Crippen LogP contribution in [0.4, 0.5) is 5.69 Å². The Bertz CT molecular complexity index is 1470. The molecule has 2 heterocycles. The van der Waals surface area contributed by atoms with Gasteiger partial charge in [0.2, 0.25) is 15.9 Å². The second-order valence-electron chi connectivity index (χ2n) is 8.14. The standard InChI is InChI=1S/C25H27N5O4S/c1-5-35(32,33)29-22-9-7-6-8-21(22)25-27-23(18(4)34-25)15-26-24(31)19-10-12-20(13-11-19)30-17(3)14-16(2)28-30/h6-14,29H,5,15H2,1-4H3,(H,26,31). The van der Waals surface area contributed by atoms with Crippen molar-refractivity contribution >= 4 is 21.6 Å². The molecule has 2 N–H and O–H groups in total. The Morgan fingerprint density at radius 3 is 2.43 bits per heavy atom. The van der Waals surface area contributed by atoms with Gasteiger partial charge in [0.15, 0.2) is 0 Å². The average Bonchev–Trinajstić information content (AvgIpc) is 3.38. The summed E-state index contributed by atoms with van der Waals surface area (Å²) in [5, 5.41) is 7.32. The molecule has 0 bridgehead atoms. The van der Waals surface area contributed by atoms with Gasteiger partial charge in [0.25, 0.3) is 5.91 Å². The number of anilines is 1. The minimum Gasteiger partial charge on any atom is -0.441 e. The van der Waals surface area contributed by atoms with Crippen molar-refractivity contribution in [2.45, 2.75) is 34.2 Å². The zero-order valence-electron chi connectivity index (χ0n) is 20.0. The second kappa shape index (κ2) is 9.75. The SMILES string of the molecule is CCS(=O)(=O)Nc1ccccc1-c1nc(CNC(=O)c2ccc(-n3nc(C)cc3C)cc2)c(C)o1. The van der Waals surface area contributed by atoms with Crippen molar-refractivity contribution in [2.75, 3.05) is 10.5 Å². The molecule has 10 heteroatoms. The number of para-hydroxylation sites is 1. The van der Waals surface area contributed by atoms with E-state index < -0.39 is 10.0 Å². The molecule has 0 aliphatic heterocycles. The van der Waals surface area contributed by atoms with Gasteiger partial charge in [-0.1, -0.05) is 12.1 Å². The lowest BCUT2D eigenvalue weighted by Gasteiger charge is -2.09. The van der Waals surface area contributed by atoms with E-state index in [2.05, 4.69) is 20.1 Å². The van der Waals surface area contributed by atoms with E-state index in [1.807, 2.05) is 36.7 Å². The number of carbonyl (C=O) groups excluding carboxylic acids is 1. The van der Waals surface area contributed by atoms with Gasteiger partial charge in [0.05, 0.1) is 34.9 Å². The van der Waals surface area contributed by atoms with Crippen molar-refractivity contribution in [1.29, 1.82) is 0 Å². The van der Waals surface area contributed by atoms with Crippen LogP contribution >= 0.6 is 0 Å². The van der Waals surface area contributed by atoms with Gasteiger partial charge in [0, 0.05) is 11.3 Å². The molecule has 35 heavy (non-hydrogen) atoms. The number of amides is 1. The van der Waals surface area contributed by atoms with Crippen molar-refractivity contribution in [2.24, 2.45) is 0 Å². The van der Waals surface area contributed by atoms with E-state index in [0.717, 1.165) is 17.1 Å². The molecule has 2 aromatic heterocycles. The first-order chi connectivity index (χ1) is 16.7. The van der Waals surface area contributed by atoms with Gasteiger partial charge in [0.1, 0.15) is 11.5 Å². The highest BCUT2D eigenvalue weighted by Gasteiger charge is 2.18. The molecule has 0 saturated carbocycles. The normalized spacial score (nSPS) is 11.4. The van der Waals surface area contributed by atoms with Gasteiger partial charge < -0.3 is 9.73 Å². The number of carbonyl (C=O) groups is 1. The zero-order chi connectivity index (χ0) is 25.2.